The van der Waals surface area contributed by atoms with Crippen molar-refractivity contribution in [2.45, 2.75) is 26.3 Å². The molecule has 2 aromatic rings. The normalized spacial score (nSPS) is 10.5. The maximum Gasteiger partial charge on any atom is 0.407 e. The van der Waals surface area contributed by atoms with Crippen molar-refractivity contribution in [1.29, 1.82) is 0 Å². The first kappa shape index (κ1) is 20.9. The van der Waals surface area contributed by atoms with Gasteiger partial charge in [0, 0.05) is 39.2 Å². The number of hydrogen-bond acceptors (Lipinski definition) is 8. The fraction of sp³-hybridized carbons (Fsp3) is 0.500. The second-order valence-electron chi connectivity index (χ2n) is 5.80. The fourth-order valence-corrected chi connectivity index (χ4v) is 2.20. The first-order valence-corrected chi connectivity index (χ1v) is 8.60. The summed E-state index contributed by atoms with van der Waals surface area (Å²) in [6.07, 6.45) is 2.84. The Morgan fingerprint density at radius 3 is 2.86 bits per heavy atom. The Bertz CT molecular complexity index is 816. The largest absolute Gasteiger partial charge is 0.476 e. The van der Waals surface area contributed by atoms with Crippen molar-refractivity contribution in [1.82, 2.24) is 30.2 Å². The lowest BCUT2D eigenvalue weighted by atomic mass is 10.3. The molecule has 0 saturated carbocycles. The minimum atomic E-state index is -1.17. The number of ether oxygens (including phenoxy) is 1. The maximum atomic E-state index is 12.0. The van der Waals surface area contributed by atoms with Gasteiger partial charge in [-0.1, -0.05) is 5.21 Å². The van der Waals surface area contributed by atoms with Gasteiger partial charge in [0.15, 0.2) is 5.69 Å². The predicted molar refractivity (Wildman–Crippen MR) is 93.6 cm³/mol. The molecule has 0 aliphatic carbocycles. The molecular weight excluding hydrogens is 372 g/mol. The third-order valence-electron chi connectivity index (χ3n) is 3.67. The number of rotatable bonds is 10. The minimum absolute atomic E-state index is 0.120. The highest BCUT2D eigenvalue weighted by molar-refractivity contribution is 5.84. The molecule has 0 aliphatic rings. The van der Waals surface area contributed by atoms with E-state index in [-0.39, 0.29) is 43.6 Å². The van der Waals surface area contributed by atoms with Gasteiger partial charge in [-0.25, -0.2) is 19.3 Å². The highest BCUT2D eigenvalue weighted by Gasteiger charge is 2.13. The molecule has 0 unspecified atom stereocenters. The molecule has 152 valence electrons. The smallest absolute Gasteiger partial charge is 0.407 e. The molecule has 28 heavy (non-hydrogen) atoms. The lowest BCUT2D eigenvalue weighted by molar-refractivity contribution is -0.129. The first-order valence-electron chi connectivity index (χ1n) is 8.60. The summed E-state index contributed by atoms with van der Waals surface area (Å²) in [4.78, 5) is 39.3. The van der Waals surface area contributed by atoms with E-state index < -0.39 is 12.1 Å². The van der Waals surface area contributed by atoms with Crippen molar-refractivity contribution < 1.29 is 28.6 Å². The van der Waals surface area contributed by atoms with Crippen molar-refractivity contribution in [2.24, 2.45) is 0 Å². The number of carboxylic acids is 1. The molecule has 2 heterocycles. The van der Waals surface area contributed by atoms with Crippen LogP contribution in [0.3, 0.4) is 0 Å². The van der Waals surface area contributed by atoms with Gasteiger partial charge in [0.25, 0.3) is 0 Å². The Morgan fingerprint density at radius 1 is 1.39 bits per heavy atom. The molecule has 2 aromatic heterocycles. The van der Waals surface area contributed by atoms with Crippen LogP contribution in [0.5, 0.6) is 0 Å². The quantitative estimate of drug-likeness (QED) is 0.573. The summed E-state index contributed by atoms with van der Waals surface area (Å²) in [5.74, 6) is -1.08. The lowest BCUT2D eigenvalue weighted by Gasteiger charge is -2.16. The van der Waals surface area contributed by atoms with Gasteiger partial charge in [-0.05, 0) is 6.92 Å². The molecule has 2 rings (SSSR count). The number of nitrogens with one attached hydrogen (secondary N) is 1. The number of aromatic nitrogens is 4. The Labute approximate surface area is 160 Å². The van der Waals surface area contributed by atoms with Crippen LogP contribution in [0, 0.1) is 0 Å². The zero-order valence-electron chi connectivity index (χ0n) is 15.6. The molecule has 0 atom stereocenters. The second kappa shape index (κ2) is 10.0. The highest BCUT2D eigenvalue weighted by atomic mass is 16.5. The molecule has 0 saturated heterocycles. The summed E-state index contributed by atoms with van der Waals surface area (Å²) in [6.45, 7) is 2.75. The monoisotopic (exact) mass is 394 g/mol. The third-order valence-corrected chi connectivity index (χ3v) is 3.67. The average molecular weight is 394 g/mol. The number of carbonyl (C=O) groups excluding carboxylic acids is 2. The van der Waals surface area contributed by atoms with Gasteiger partial charge >= 0.3 is 12.1 Å². The van der Waals surface area contributed by atoms with E-state index in [2.05, 4.69) is 20.6 Å². The van der Waals surface area contributed by atoms with Crippen LogP contribution in [0.15, 0.2) is 16.9 Å². The summed E-state index contributed by atoms with van der Waals surface area (Å²) in [5.41, 5.74) is 0.488. The fourth-order valence-electron chi connectivity index (χ4n) is 2.20. The molecule has 0 aliphatic heterocycles. The summed E-state index contributed by atoms with van der Waals surface area (Å²) in [5, 5.41) is 19.3. The van der Waals surface area contributed by atoms with Gasteiger partial charge in [-0.3, -0.25) is 4.79 Å². The van der Waals surface area contributed by atoms with Crippen molar-refractivity contribution in [3.05, 3.63) is 29.7 Å². The molecular formula is C16H22N6O6. The number of oxazole rings is 1. The Balaban J connectivity index is 1.74. The average Bonchev–Trinajstić information content (AvgIpc) is 3.29. The highest BCUT2D eigenvalue weighted by Crippen LogP contribution is 2.05. The molecule has 0 bridgehead atoms. The number of alkyl carbamates (subject to hydrolysis) is 1. The van der Waals surface area contributed by atoms with Gasteiger partial charge in [-0.2, -0.15) is 0 Å². The zero-order valence-corrected chi connectivity index (χ0v) is 15.6. The third kappa shape index (κ3) is 6.37. The van der Waals surface area contributed by atoms with Crippen LogP contribution in [-0.2, 0) is 22.5 Å². The van der Waals surface area contributed by atoms with E-state index in [4.69, 9.17) is 14.3 Å². The molecule has 0 radical (unpaired) electrons. The van der Waals surface area contributed by atoms with Crippen LogP contribution in [-0.4, -0.2) is 74.7 Å². The van der Waals surface area contributed by atoms with Crippen molar-refractivity contribution in [2.75, 3.05) is 26.7 Å². The topological polar surface area (TPSA) is 153 Å². The Hall–Kier alpha value is -3.44. The van der Waals surface area contributed by atoms with Crippen molar-refractivity contribution >= 4 is 18.0 Å². The van der Waals surface area contributed by atoms with Crippen molar-refractivity contribution in [3.63, 3.8) is 0 Å². The predicted octanol–water partition coefficient (Wildman–Crippen LogP) is 0.150. The lowest BCUT2D eigenvalue weighted by Crippen LogP contribution is -2.33. The van der Waals surface area contributed by atoms with Gasteiger partial charge in [0.1, 0.15) is 12.8 Å². The van der Waals surface area contributed by atoms with Crippen LogP contribution in [0.4, 0.5) is 4.79 Å². The number of likely N-dealkylation sites (N-methyl/N-ethyl adjacent to an activating group) is 1. The van der Waals surface area contributed by atoms with Crippen LogP contribution in [0.25, 0.3) is 0 Å². The molecule has 12 heteroatoms. The summed E-state index contributed by atoms with van der Waals surface area (Å²) in [6, 6.07) is 0. The molecule has 12 nitrogen and oxygen atoms in total. The van der Waals surface area contributed by atoms with Crippen LogP contribution >= 0.6 is 0 Å². The SMILES string of the molecule is CCOC(=O)NCCC(=O)N(C)CCc1cn(Cc2nc(C(=O)O)co2)nn1. The summed E-state index contributed by atoms with van der Waals surface area (Å²) >= 11 is 0. The van der Waals surface area contributed by atoms with Crippen LogP contribution in [0.1, 0.15) is 35.4 Å². The van der Waals surface area contributed by atoms with Gasteiger partial charge in [0.2, 0.25) is 11.8 Å². The summed E-state index contributed by atoms with van der Waals surface area (Å²) in [7, 11) is 1.66. The standard InChI is InChI=1S/C16H22N6O6/c1-3-27-16(26)17-6-4-14(23)21(2)7-5-11-8-22(20-19-11)9-13-18-12(10-28-13)15(24)25/h8,10H,3-7,9H2,1-2H3,(H,17,26)(H,24,25). The number of aromatic carboxylic acids is 1. The van der Waals surface area contributed by atoms with Gasteiger partial charge in [0.05, 0.1) is 12.3 Å². The van der Waals surface area contributed by atoms with E-state index in [0.29, 0.717) is 18.7 Å². The Morgan fingerprint density at radius 2 is 2.18 bits per heavy atom. The first-order chi connectivity index (χ1) is 13.4. The van der Waals surface area contributed by atoms with E-state index in [1.165, 1.54) is 4.68 Å². The van der Waals surface area contributed by atoms with E-state index in [0.717, 1.165) is 6.26 Å². The number of carboxylic acid groups (broad SMARTS) is 1. The van der Waals surface area contributed by atoms with Crippen molar-refractivity contribution in [3.8, 4) is 0 Å². The Kier molecular flexibility index (Phi) is 7.48. The van der Waals surface area contributed by atoms with E-state index in [1.807, 2.05) is 0 Å². The maximum absolute atomic E-state index is 12.0. The number of nitrogens with zero attached hydrogens (tertiary/aromatic N) is 5. The minimum Gasteiger partial charge on any atom is -0.476 e. The summed E-state index contributed by atoms with van der Waals surface area (Å²) < 4.78 is 11.3. The molecule has 0 fully saturated rings. The molecule has 0 aromatic carbocycles. The molecule has 2 amide bonds. The van der Waals surface area contributed by atoms with E-state index >= 15 is 0 Å². The second-order valence-corrected chi connectivity index (χ2v) is 5.80. The number of hydrogen-bond donors (Lipinski definition) is 2. The van der Waals surface area contributed by atoms with E-state index in [1.54, 1.807) is 25.1 Å². The van der Waals surface area contributed by atoms with E-state index in [9.17, 15) is 14.4 Å². The molecule has 2 N–H and O–H groups in total. The van der Waals surface area contributed by atoms with Crippen LogP contribution in [0.2, 0.25) is 0 Å². The van der Waals surface area contributed by atoms with Gasteiger partial charge in [-0.15, -0.1) is 5.10 Å². The van der Waals surface area contributed by atoms with Crippen LogP contribution < -0.4 is 5.32 Å². The van der Waals surface area contributed by atoms with Gasteiger partial charge < -0.3 is 24.5 Å². The zero-order chi connectivity index (χ0) is 20.5. The molecule has 0 spiro atoms. The number of carbonyl (C=O) groups is 3. The number of amides is 2.